The van der Waals surface area contributed by atoms with Gasteiger partial charge in [-0.25, -0.2) is 9.78 Å². The van der Waals surface area contributed by atoms with Crippen LogP contribution in [0.3, 0.4) is 0 Å². The van der Waals surface area contributed by atoms with Crippen molar-refractivity contribution in [3.05, 3.63) is 51.3 Å². The van der Waals surface area contributed by atoms with Crippen molar-refractivity contribution in [1.82, 2.24) is 19.5 Å². The lowest BCUT2D eigenvalue weighted by Crippen LogP contribution is -2.23. The Morgan fingerprint density at radius 3 is 2.86 bits per heavy atom. The van der Waals surface area contributed by atoms with Crippen LogP contribution in [-0.2, 0) is 6.54 Å². The minimum absolute atomic E-state index is 0.399. The molecule has 6 heteroatoms. The normalized spacial score (nSPS) is 10.3. The standard InChI is InChI=1S/C8H8N4O2/c13-7-3-6(10-8(14)11-7)4-12-2-1-9-5-12/h1-3,5H,4H2,(H2,10,11,13,14). The summed E-state index contributed by atoms with van der Waals surface area (Å²) in [6, 6.07) is 1.35. The number of hydrogen-bond acceptors (Lipinski definition) is 3. The van der Waals surface area contributed by atoms with Crippen LogP contribution in [0.5, 0.6) is 0 Å². The van der Waals surface area contributed by atoms with Crippen molar-refractivity contribution < 1.29 is 0 Å². The number of nitrogens with one attached hydrogen (secondary N) is 2. The number of H-pyrrole nitrogens is 2. The minimum Gasteiger partial charge on any atom is -0.332 e. The van der Waals surface area contributed by atoms with E-state index in [1.54, 1.807) is 23.3 Å². The fourth-order valence-electron chi connectivity index (χ4n) is 1.18. The Morgan fingerprint density at radius 1 is 1.36 bits per heavy atom. The molecule has 0 unspecified atom stereocenters. The van der Waals surface area contributed by atoms with E-state index in [2.05, 4.69) is 15.0 Å². The topological polar surface area (TPSA) is 83.5 Å². The fourth-order valence-corrected chi connectivity index (χ4v) is 1.18. The Bertz CT molecular complexity index is 495. The first-order valence-corrected chi connectivity index (χ1v) is 4.02. The third-order valence-corrected chi connectivity index (χ3v) is 1.73. The van der Waals surface area contributed by atoms with E-state index in [1.807, 2.05) is 0 Å². The van der Waals surface area contributed by atoms with Crippen molar-refractivity contribution in [3.8, 4) is 0 Å². The maximum atomic E-state index is 10.9. The highest BCUT2D eigenvalue weighted by Crippen LogP contribution is 1.92. The highest BCUT2D eigenvalue weighted by Gasteiger charge is 1.97. The van der Waals surface area contributed by atoms with Crippen LogP contribution < -0.4 is 11.2 Å². The van der Waals surface area contributed by atoms with E-state index < -0.39 is 11.2 Å². The van der Waals surface area contributed by atoms with Crippen molar-refractivity contribution in [2.24, 2.45) is 0 Å². The molecule has 0 aliphatic heterocycles. The SMILES string of the molecule is O=c1cc(Cn2ccnc2)[nH]c(=O)[nH]1. The molecule has 2 aromatic heterocycles. The van der Waals surface area contributed by atoms with Crippen LogP contribution in [-0.4, -0.2) is 19.5 Å². The zero-order valence-corrected chi connectivity index (χ0v) is 7.23. The first-order valence-electron chi connectivity index (χ1n) is 4.02. The fraction of sp³-hybridized carbons (Fsp3) is 0.125. The van der Waals surface area contributed by atoms with Gasteiger partial charge in [-0.05, 0) is 0 Å². The molecule has 0 spiro atoms. The van der Waals surface area contributed by atoms with Gasteiger partial charge in [0.2, 0.25) is 0 Å². The Hall–Kier alpha value is -2.11. The van der Waals surface area contributed by atoms with Crippen LogP contribution in [0, 0.1) is 0 Å². The summed E-state index contributed by atoms with van der Waals surface area (Å²) in [5, 5.41) is 0. The van der Waals surface area contributed by atoms with Gasteiger partial charge in [0.1, 0.15) is 0 Å². The smallest absolute Gasteiger partial charge is 0.325 e. The number of aromatic nitrogens is 4. The molecule has 6 nitrogen and oxygen atoms in total. The summed E-state index contributed by atoms with van der Waals surface area (Å²) in [6.45, 7) is 0.430. The Morgan fingerprint density at radius 2 is 2.21 bits per heavy atom. The molecule has 0 saturated heterocycles. The van der Waals surface area contributed by atoms with Gasteiger partial charge in [0, 0.05) is 24.2 Å². The summed E-state index contributed by atoms with van der Waals surface area (Å²) in [7, 11) is 0. The average Bonchev–Trinajstić information content (AvgIpc) is 2.54. The molecule has 0 aliphatic rings. The molecule has 0 saturated carbocycles. The van der Waals surface area contributed by atoms with Gasteiger partial charge in [0.05, 0.1) is 12.9 Å². The summed E-state index contributed by atoms with van der Waals surface area (Å²) >= 11 is 0. The summed E-state index contributed by atoms with van der Waals surface area (Å²) < 4.78 is 1.75. The Kier molecular flexibility index (Phi) is 2.02. The van der Waals surface area contributed by atoms with Gasteiger partial charge in [-0.1, -0.05) is 0 Å². The van der Waals surface area contributed by atoms with Gasteiger partial charge in [-0.15, -0.1) is 0 Å². The third kappa shape index (κ3) is 1.79. The van der Waals surface area contributed by atoms with E-state index >= 15 is 0 Å². The lowest BCUT2D eigenvalue weighted by atomic mass is 10.4. The monoisotopic (exact) mass is 192 g/mol. The van der Waals surface area contributed by atoms with E-state index in [9.17, 15) is 9.59 Å². The second-order valence-electron chi connectivity index (χ2n) is 2.85. The number of rotatable bonds is 2. The summed E-state index contributed by atoms with van der Waals surface area (Å²) in [4.78, 5) is 30.3. The second-order valence-corrected chi connectivity index (χ2v) is 2.85. The zero-order valence-electron chi connectivity index (χ0n) is 7.23. The first kappa shape index (κ1) is 8.49. The van der Waals surface area contributed by atoms with Crippen LogP contribution >= 0.6 is 0 Å². The molecule has 0 atom stereocenters. The predicted molar refractivity (Wildman–Crippen MR) is 49.0 cm³/mol. The maximum absolute atomic E-state index is 10.9. The molecule has 2 heterocycles. The van der Waals surface area contributed by atoms with Crippen molar-refractivity contribution in [1.29, 1.82) is 0 Å². The van der Waals surface area contributed by atoms with Gasteiger partial charge < -0.3 is 9.55 Å². The number of hydrogen-bond donors (Lipinski definition) is 2. The third-order valence-electron chi connectivity index (χ3n) is 1.73. The van der Waals surface area contributed by atoms with Gasteiger partial charge in [0.25, 0.3) is 5.56 Å². The predicted octanol–water partition coefficient (Wildman–Crippen LogP) is -0.692. The quantitative estimate of drug-likeness (QED) is 0.660. The molecule has 0 aliphatic carbocycles. The van der Waals surface area contributed by atoms with Crippen molar-refractivity contribution in [2.75, 3.05) is 0 Å². The number of imidazole rings is 1. The molecule has 0 bridgehead atoms. The Balaban J connectivity index is 2.34. The van der Waals surface area contributed by atoms with Crippen molar-refractivity contribution >= 4 is 0 Å². The molecular formula is C8H8N4O2. The largest absolute Gasteiger partial charge is 0.332 e. The molecule has 2 aromatic rings. The zero-order chi connectivity index (χ0) is 9.97. The highest BCUT2D eigenvalue weighted by molar-refractivity contribution is 4.99. The van der Waals surface area contributed by atoms with E-state index in [0.717, 1.165) is 0 Å². The van der Waals surface area contributed by atoms with Crippen molar-refractivity contribution in [2.45, 2.75) is 6.54 Å². The summed E-state index contributed by atoms with van der Waals surface area (Å²) in [6.07, 6.45) is 4.99. The lowest BCUT2D eigenvalue weighted by Gasteiger charge is -2.00. The molecule has 0 aromatic carbocycles. The van der Waals surface area contributed by atoms with Crippen LogP contribution in [0.15, 0.2) is 34.4 Å². The van der Waals surface area contributed by atoms with E-state index in [4.69, 9.17) is 0 Å². The molecule has 2 rings (SSSR count). The maximum Gasteiger partial charge on any atom is 0.325 e. The lowest BCUT2D eigenvalue weighted by molar-refractivity contribution is 0.759. The highest BCUT2D eigenvalue weighted by atomic mass is 16.2. The number of aromatic amines is 2. The van der Waals surface area contributed by atoms with E-state index in [-0.39, 0.29) is 0 Å². The molecule has 14 heavy (non-hydrogen) atoms. The average molecular weight is 192 g/mol. The molecule has 0 radical (unpaired) electrons. The first-order chi connectivity index (χ1) is 6.74. The minimum atomic E-state index is -0.493. The van der Waals surface area contributed by atoms with Crippen LogP contribution in [0.4, 0.5) is 0 Å². The van der Waals surface area contributed by atoms with E-state index in [0.29, 0.717) is 12.2 Å². The summed E-state index contributed by atoms with van der Waals surface area (Å²) in [5.41, 5.74) is -0.340. The molecular weight excluding hydrogens is 184 g/mol. The Labute approximate surface area is 78.3 Å². The molecule has 72 valence electrons. The van der Waals surface area contributed by atoms with Crippen LogP contribution in [0.1, 0.15) is 5.69 Å². The van der Waals surface area contributed by atoms with Crippen LogP contribution in [0.2, 0.25) is 0 Å². The van der Waals surface area contributed by atoms with E-state index in [1.165, 1.54) is 6.07 Å². The second kappa shape index (κ2) is 3.33. The molecule has 0 amide bonds. The molecule has 2 N–H and O–H groups in total. The van der Waals surface area contributed by atoms with Gasteiger partial charge in [0.15, 0.2) is 0 Å². The van der Waals surface area contributed by atoms with Gasteiger partial charge >= 0.3 is 5.69 Å². The molecule has 0 fully saturated rings. The summed E-state index contributed by atoms with van der Waals surface area (Å²) in [5.74, 6) is 0. The van der Waals surface area contributed by atoms with Crippen molar-refractivity contribution in [3.63, 3.8) is 0 Å². The number of nitrogens with zero attached hydrogens (tertiary/aromatic N) is 2. The van der Waals surface area contributed by atoms with Gasteiger partial charge in [-0.2, -0.15) is 0 Å². The van der Waals surface area contributed by atoms with Crippen LogP contribution in [0.25, 0.3) is 0 Å². The van der Waals surface area contributed by atoms with Gasteiger partial charge in [-0.3, -0.25) is 9.78 Å².